The maximum Gasteiger partial charge on any atom is 0.226 e. The van der Waals surface area contributed by atoms with Crippen LogP contribution in [0.1, 0.15) is 0 Å². The highest BCUT2D eigenvalue weighted by atomic mass is 79.9. The smallest absolute Gasteiger partial charge is 0.226 e. The fourth-order valence-electron chi connectivity index (χ4n) is 1.77. The highest BCUT2D eigenvalue weighted by Crippen LogP contribution is 2.21. The van der Waals surface area contributed by atoms with Gasteiger partial charge in [-0.1, -0.05) is 15.9 Å². The second kappa shape index (κ2) is 3.68. The lowest BCUT2D eigenvalue weighted by Gasteiger charge is -2.35. The monoisotopic (exact) mass is 279 g/mol. The number of β-amino-alcohol motifs (C(OH)–C–C–N with tert-alkyl or cyclic N) is 1. The lowest BCUT2D eigenvalue weighted by atomic mass is 10.2. The molecule has 0 spiro atoms. The molecule has 0 saturated carbocycles. The molecule has 0 unspecified atom stereocenters. The van der Waals surface area contributed by atoms with E-state index in [-0.39, 0.29) is 6.10 Å². The molecule has 4 nitrogen and oxygen atoms in total. The lowest BCUT2D eigenvalue weighted by Crippen LogP contribution is -2.51. The molecule has 2 heterocycles. The molecule has 82 valence electrons. The predicted molar refractivity (Wildman–Crippen MR) is 65.5 cm³/mol. The maximum atomic E-state index is 9.23. The van der Waals surface area contributed by atoms with E-state index < -0.39 is 0 Å². The molecule has 3 rings (SSSR count). The minimum Gasteiger partial charge on any atom is -0.389 e. The van der Waals surface area contributed by atoms with Crippen LogP contribution in [-0.2, 0) is 0 Å². The maximum absolute atomic E-state index is 9.23. The molecule has 0 bridgehead atoms. The molecule has 0 aliphatic carbocycles. The van der Waals surface area contributed by atoms with E-state index in [0.29, 0.717) is 19.0 Å². The Hall–Kier alpha value is -1.20. The Morgan fingerprint density at radius 2 is 2.19 bits per heavy atom. The van der Waals surface area contributed by atoms with Crippen LogP contribution in [0.4, 0.5) is 5.95 Å². The topological polar surface area (TPSA) is 49.2 Å². The van der Waals surface area contributed by atoms with Crippen LogP contribution in [0.15, 0.2) is 28.9 Å². The summed E-state index contributed by atoms with van der Waals surface area (Å²) in [6.07, 6.45) is 1.58. The van der Waals surface area contributed by atoms with Gasteiger partial charge in [0.2, 0.25) is 5.95 Å². The zero-order chi connectivity index (χ0) is 11.1. The highest BCUT2D eigenvalue weighted by molar-refractivity contribution is 9.10. The van der Waals surface area contributed by atoms with Crippen LogP contribution in [0, 0.1) is 0 Å². The van der Waals surface area contributed by atoms with Gasteiger partial charge in [0.25, 0.3) is 0 Å². The number of halogens is 1. The van der Waals surface area contributed by atoms with Gasteiger partial charge in [-0.2, -0.15) is 0 Å². The van der Waals surface area contributed by atoms with Gasteiger partial charge in [0.15, 0.2) is 0 Å². The van der Waals surface area contributed by atoms with Crippen LogP contribution in [0.3, 0.4) is 0 Å². The highest BCUT2D eigenvalue weighted by Gasteiger charge is 2.26. The number of aliphatic hydroxyl groups excluding tert-OH is 1. The molecule has 1 fully saturated rings. The summed E-state index contributed by atoms with van der Waals surface area (Å²) in [5.41, 5.74) is 0.926. The minimum atomic E-state index is -0.232. The number of anilines is 1. The molecule has 1 aliphatic rings. The molecular weight excluding hydrogens is 270 g/mol. The number of benzene rings is 1. The fourth-order valence-corrected chi connectivity index (χ4v) is 2.14. The number of fused-ring (bicyclic) bond motifs is 1. The summed E-state index contributed by atoms with van der Waals surface area (Å²) in [7, 11) is 0. The van der Waals surface area contributed by atoms with Crippen molar-refractivity contribution in [1.29, 1.82) is 0 Å². The first-order valence-corrected chi connectivity index (χ1v) is 5.87. The molecule has 1 aliphatic heterocycles. The first-order chi connectivity index (χ1) is 7.72. The summed E-state index contributed by atoms with van der Waals surface area (Å²) in [5.74, 6) is 0.695. The van der Waals surface area contributed by atoms with Crippen LogP contribution in [0.25, 0.3) is 10.9 Å². The molecule has 2 aromatic rings. The second-order valence-corrected chi connectivity index (χ2v) is 4.85. The summed E-state index contributed by atoms with van der Waals surface area (Å²) >= 11 is 3.41. The summed E-state index contributed by atoms with van der Waals surface area (Å²) < 4.78 is 1.02. The first-order valence-electron chi connectivity index (χ1n) is 5.08. The standard InChI is InChI=1S/C11H10BrN3O/c12-8-1-2-10-7(3-8)4-13-11(14-10)15-5-9(16)6-15/h1-4,9,16H,5-6H2. The number of hydrogen-bond acceptors (Lipinski definition) is 4. The van der Waals surface area contributed by atoms with Crippen molar-refractivity contribution >= 4 is 32.8 Å². The van der Waals surface area contributed by atoms with Crippen molar-refractivity contribution in [2.45, 2.75) is 6.10 Å². The Morgan fingerprint density at radius 3 is 2.94 bits per heavy atom. The number of hydrogen-bond donors (Lipinski definition) is 1. The van der Waals surface area contributed by atoms with Crippen molar-refractivity contribution in [2.24, 2.45) is 0 Å². The Bertz CT molecular complexity index is 540. The molecule has 1 aromatic carbocycles. The van der Waals surface area contributed by atoms with Crippen molar-refractivity contribution in [1.82, 2.24) is 9.97 Å². The molecular formula is C11H10BrN3O. The van der Waals surface area contributed by atoms with E-state index in [4.69, 9.17) is 0 Å². The van der Waals surface area contributed by atoms with Crippen molar-refractivity contribution in [3.05, 3.63) is 28.9 Å². The number of aromatic nitrogens is 2. The van der Waals surface area contributed by atoms with Gasteiger partial charge in [0.05, 0.1) is 11.6 Å². The van der Waals surface area contributed by atoms with Crippen LogP contribution < -0.4 is 4.90 Å². The molecule has 5 heteroatoms. The van der Waals surface area contributed by atoms with Gasteiger partial charge < -0.3 is 10.0 Å². The van der Waals surface area contributed by atoms with Crippen molar-refractivity contribution in [3.63, 3.8) is 0 Å². The van der Waals surface area contributed by atoms with Gasteiger partial charge in [-0.25, -0.2) is 9.97 Å². The Balaban J connectivity index is 2.00. The number of nitrogens with zero attached hydrogens (tertiary/aromatic N) is 3. The van der Waals surface area contributed by atoms with Crippen LogP contribution >= 0.6 is 15.9 Å². The van der Waals surface area contributed by atoms with Gasteiger partial charge >= 0.3 is 0 Å². The first kappa shape index (κ1) is 9.99. The van der Waals surface area contributed by atoms with E-state index in [9.17, 15) is 5.11 Å². The fraction of sp³-hybridized carbons (Fsp3) is 0.273. The zero-order valence-electron chi connectivity index (χ0n) is 8.47. The summed E-state index contributed by atoms with van der Waals surface area (Å²) in [6.45, 7) is 1.25. The van der Waals surface area contributed by atoms with Crippen molar-refractivity contribution in [2.75, 3.05) is 18.0 Å². The second-order valence-electron chi connectivity index (χ2n) is 3.93. The predicted octanol–water partition coefficient (Wildman–Crippen LogP) is 1.57. The largest absolute Gasteiger partial charge is 0.389 e. The average molecular weight is 280 g/mol. The molecule has 0 atom stereocenters. The average Bonchev–Trinajstić information content (AvgIpc) is 2.24. The molecule has 1 N–H and O–H groups in total. The van der Waals surface area contributed by atoms with Crippen LogP contribution in [-0.4, -0.2) is 34.3 Å². The minimum absolute atomic E-state index is 0.232. The van der Waals surface area contributed by atoms with Gasteiger partial charge in [-0.05, 0) is 18.2 Å². The summed E-state index contributed by atoms with van der Waals surface area (Å²) in [4.78, 5) is 10.7. The van der Waals surface area contributed by atoms with Crippen molar-refractivity contribution < 1.29 is 5.11 Å². The van der Waals surface area contributed by atoms with E-state index in [1.165, 1.54) is 0 Å². The number of aliphatic hydroxyl groups is 1. The zero-order valence-corrected chi connectivity index (χ0v) is 10.1. The van der Waals surface area contributed by atoms with E-state index in [0.717, 1.165) is 15.4 Å². The van der Waals surface area contributed by atoms with E-state index in [1.54, 1.807) is 0 Å². The van der Waals surface area contributed by atoms with E-state index >= 15 is 0 Å². The normalized spacial score (nSPS) is 16.5. The van der Waals surface area contributed by atoms with Gasteiger partial charge in [-0.15, -0.1) is 0 Å². The van der Waals surface area contributed by atoms with Crippen molar-refractivity contribution in [3.8, 4) is 0 Å². The Labute approximate surface area is 101 Å². The third-order valence-electron chi connectivity index (χ3n) is 2.67. The number of rotatable bonds is 1. The van der Waals surface area contributed by atoms with E-state index in [1.807, 2.05) is 29.3 Å². The molecule has 0 radical (unpaired) electrons. The molecule has 16 heavy (non-hydrogen) atoms. The molecule has 1 aromatic heterocycles. The molecule has 0 amide bonds. The quantitative estimate of drug-likeness (QED) is 0.861. The van der Waals surface area contributed by atoms with Crippen LogP contribution in [0.5, 0.6) is 0 Å². The third kappa shape index (κ3) is 1.66. The van der Waals surface area contributed by atoms with Gasteiger partial charge in [0.1, 0.15) is 0 Å². The van der Waals surface area contributed by atoms with E-state index in [2.05, 4.69) is 25.9 Å². The Morgan fingerprint density at radius 1 is 1.38 bits per heavy atom. The SMILES string of the molecule is OC1CN(c2ncc3cc(Br)ccc3n2)C1. The van der Waals surface area contributed by atoms with Gasteiger partial charge in [0, 0.05) is 29.1 Å². The van der Waals surface area contributed by atoms with Gasteiger partial charge in [-0.3, -0.25) is 0 Å². The van der Waals surface area contributed by atoms with Crippen LogP contribution in [0.2, 0.25) is 0 Å². The lowest BCUT2D eigenvalue weighted by molar-refractivity contribution is 0.140. The summed E-state index contributed by atoms with van der Waals surface area (Å²) in [6, 6.07) is 5.91. The summed E-state index contributed by atoms with van der Waals surface area (Å²) in [5, 5.41) is 10.2. The molecule has 1 saturated heterocycles. The third-order valence-corrected chi connectivity index (χ3v) is 3.17. The Kier molecular flexibility index (Phi) is 2.29.